The lowest BCUT2D eigenvalue weighted by Gasteiger charge is -2.38. The fraction of sp³-hybridized carbons (Fsp3) is 0.667. The zero-order valence-corrected chi connectivity index (χ0v) is 16.8. The molecule has 0 spiro atoms. The second-order valence-corrected chi connectivity index (χ2v) is 7.83. The molecular weight excluding hydrogens is 342 g/mol. The van der Waals surface area contributed by atoms with Crippen LogP contribution in [0.2, 0.25) is 0 Å². The molecule has 2 fully saturated rings. The Labute approximate surface area is 162 Å². The predicted molar refractivity (Wildman–Crippen MR) is 108 cm³/mol. The first-order valence-electron chi connectivity index (χ1n) is 10.1. The molecule has 1 heterocycles. The van der Waals surface area contributed by atoms with Crippen molar-refractivity contribution in [2.24, 2.45) is 10.4 Å². The Balaban J connectivity index is 1.70. The van der Waals surface area contributed by atoms with Gasteiger partial charge in [-0.1, -0.05) is 19.1 Å². The first kappa shape index (κ1) is 19.8. The van der Waals surface area contributed by atoms with Crippen LogP contribution in [-0.4, -0.2) is 45.5 Å². The summed E-state index contributed by atoms with van der Waals surface area (Å²) in [4.78, 5) is 4.77. The second-order valence-electron chi connectivity index (χ2n) is 7.83. The summed E-state index contributed by atoms with van der Waals surface area (Å²) in [6.07, 6.45) is 5.00. The fourth-order valence-electron chi connectivity index (χ4n) is 3.51. The van der Waals surface area contributed by atoms with Crippen LogP contribution in [0.1, 0.15) is 45.1 Å². The molecule has 1 aliphatic heterocycles. The number of ether oxygens (including phenoxy) is 3. The predicted octanol–water partition coefficient (Wildman–Crippen LogP) is 3.11. The summed E-state index contributed by atoms with van der Waals surface area (Å²) in [6, 6.07) is 6.03. The van der Waals surface area contributed by atoms with Crippen molar-refractivity contribution < 1.29 is 14.2 Å². The van der Waals surface area contributed by atoms with Gasteiger partial charge in [-0.2, -0.15) is 0 Å². The fourth-order valence-corrected chi connectivity index (χ4v) is 3.51. The van der Waals surface area contributed by atoms with Crippen LogP contribution in [0.15, 0.2) is 23.2 Å². The summed E-state index contributed by atoms with van der Waals surface area (Å²) in [7, 11) is 1.69. The van der Waals surface area contributed by atoms with E-state index in [2.05, 4.69) is 30.5 Å². The van der Waals surface area contributed by atoms with E-state index in [1.54, 1.807) is 7.11 Å². The van der Waals surface area contributed by atoms with E-state index in [1.165, 1.54) is 12.8 Å². The monoisotopic (exact) mass is 375 g/mol. The van der Waals surface area contributed by atoms with Crippen molar-refractivity contribution in [3.8, 4) is 11.5 Å². The van der Waals surface area contributed by atoms with Crippen molar-refractivity contribution in [1.82, 2.24) is 10.6 Å². The van der Waals surface area contributed by atoms with Gasteiger partial charge in [0.15, 0.2) is 17.5 Å². The van der Waals surface area contributed by atoms with Gasteiger partial charge >= 0.3 is 0 Å². The van der Waals surface area contributed by atoms with Crippen LogP contribution in [0.5, 0.6) is 11.5 Å². The zero-order valence-electron chi connectivity index (χ0n) is 16.8. The lowest BCUT2D eigenvalue weighted by molar-refractivity contribution is -0.0971. The lowest BCUT2D eigenvalue weighted by atomic mass is 9.89. The summed E-state index contributed by atoms with van der Waals surface area (Å²) < 4.78 is 17.2. The van der Waals surface area contributed by atoms with Gasteiger partial charge in [-0.15, -0.1) is 0 Å². The molecule has 2 aliphatic rings. The number of rotatable bonds is 8. The van der Waals surface area contributed by atoms with E-state index < -0.39 is 0 Å². The molecule has 0 unspecified atom stereocenters. The standard InChI is InChI=1S/C21H33N3O3/c1-4-22-20(24-13-21(2)14-26-15-21)23-12-16-8-7-11-18(25-3)19(16)27-17-9-5-6-10-17/h7-8,11,17H,4-6,9-10,12-15H2,1-3H3,(H2,22,23,24). The topological polar surface area (TPSA) is 64.1 Å². The molecule has 1 aliphatic carbocycles. The molecule has 27 heavy (non-hydrogen) atoms. The van der Waals surface area contributed by atoms with E-state index in [0.29, 0.717) is 6.54 Å². The highest BCUT2D eigenvalue weighted by Crippen LogP contribution is 2.35. The number of hydrogen-bond donors (Lipinski definition) is 2. The van der Waals surface area contributed by atoms with E-state index >= 15 is 0 Å². The smallest absolute Gasteiger partial charge is 0.191 e. The zero-order chi connectivity index (χ0) is 19.1. The molecular formula is C21H33N3O3. The average Bonchev–Trinajstić information content (AvgIpc) is 3.16. The number of nitrogens with zero attached hydrogens (tertiary/aromatic N) is 1. The van der Waals surface area contributed by atoms with Gasteiger partial charge in [0.25, 0.3) is 0 Å². The molecule has 3 rings (SSSR count). The SMILES string of the molecule is CCNC(=NCc1cccc(OC)c1OC1CCCC1)NCC1(C)COC1. The van der Waals surface area contributed by atoms with Crippen molar-refractivity contribution >= 4 is 5.96 Å². The van der Waals surface area contributed by atoms with Crippen LogP contribution >= 0.6 is 0 Å². The molecule has 2 N–H and O–H groups in total. The largest absolute Gasteiger partial charge is 0.493 e. The Morgan fingerprint density at radius 3 is 2.67 bits per heavy atom. The third-order valence-corrected chi connectivity index (χ3v) is 5.20. The van der Waals surface area contributed by atoms with Gasteiger partial charge in [0.2, 0.25) is 0 Å². The van der Waals surface area contributed by atoms with Gasteiger partial charge in [-0.05, 0) is 38.7 Å². The summed E-state index contributed by atoms with van der Waals surface area (Å²) >= 11 is 0. The molecule has 1 aromatic carbocycles. The maximum Gasteiger partial charge on any atom is 0.191 e. The molecule has 1 saturated carbocycles. The van der Waals surface area contributed by atoms with Crippen molar-refractivity contribution in [3.63, 3.8) is 0 Å². The van der Waals surface area contributed by atoms with Crippen LogP contribution in [0.25, 0.3) is 0 Å². The van der Waals surface area contributed by atoms with Crippen molar-refractivity contribution in [1.29, 1.82) is 0 Å². The van der Waals surface area contributed by atoms with Gasteiger partial charge in [0.05, 0.1) is 33.0 Å². The minimum absolute atomic E-state index is 0.197. The Kier molecular flexibility index (Phi) is 6.83. The van der Waals surface area contributed by atoms with Gasteiger partial charge in [-0.3, -0.25) is 0 Å². The highest BCUT2D eigenvalue weighted by molar-refractivity contribution is 5.79. The molecule has 0 radical (unpaired) electrons. The number of benzene rings is 1. The normalized spacial score (nSPS) is 19.4. The number of nitrogens with one attached hydrogen (secondary N) is 2. The summed E-state index contributed by atoms with van der Waals surface area (Å²) in [6.45, 7) is 8.12. The molecule has 150 valence electrons. The van der Waals surface area contributed by atoms with Crippen LogP contribution in [0.4, 0.5) is 0 Å². The van der Waals surface area contributed by atoms with Crippen molar-refractivity contribution in [2.45, 2.75) is 52.2 Å². The third kappa shape index (κ3) is 5.28. The highest BCUT2D eigenvalue weighted by atomic mass is 16.5. The van der Waals surface area contributed by atoms with Crippen molar-refractivity contribution in [2.75, 3.05) is 33.4 Å². The maximum atomic E-state index is 6.31. The number of aliphatic imine (C=N–C) groups is 1. The minimum atomic E-state index is 0.197. The molecule has 1 saturated heterocycles. The molecule has 0 aromatic heterocycles. The number of para-hydroxylation sites is 1. The number of hydrogen-bond acceptors (Lipinski definition) is 4. The van der Waals surface area contributed by atoms with E-state index in [9.17, 15) is 0 Å². The molecule has 1 aromatic rings. The molecule has 6 heteroatoms. The summed E-state index contributed by atoms with van der Waals surface area (Å²) in [5.41, 5.74) is 1.25. The van der Waals surface area contributed by atoms with Crippen LogP contribution in [-0.2, 0) is 11.3 Å². The van der Waals surface area contributed by atoms with Gasteiger partial charge < -0.3 is 24.8 Å². The van der Waals surface area contributed by atoms with Gasteiger partial charge in [0, 0.05) is 24.1 Å². The Hall–Kier alpha value is -1.95. The molecule has 6 nitrogen and oxygen atoms in total. The third-order valence-electron chi connectivity index (χ3n) is 5.20. The summed E-state index contributed by atoms with van der Waals surface area (Å²) in [5, 5.41) is 6.76. The maximum absolute atomic E-state index is 6.31. The van der Waals surface area contributed by atoms with Gasteiger partial charge in [-0.25, -0.2) is 4.99 Å². The van der Waals surface area contributed by atoms with Crippen LogP contribution in [0, 0.1) is 5.41 Å². The van der Waals surface area contributed by atoms with E-state index in [4.69, 9.17) is 19.2 Å². The quantitative estimate of drug-likeness (QED) is 0.540. The molecule has 0 atom stereocenters. The highest BCUT2D eigenvalue weighted by Gasteiger charge is 2.33. The number of guanidine groups is 1. The first-order valence-corrected chi connectivity index (χ1v) is 10.1. The lowest BCUT2D eigenvalue weighted by Crippen LogP contribution is -2.51. The van der Waals surface area contributed by atoms with Crippen LogP contribution < -0.4 is 20.1 Å². The first-order chi connectivity index (χ1) is 13.1. The Morgan fingerprint density at radius 2 is 2.04 bits per heavy atom. The molecule has 0 bridgehead atoms. The van der Waals surface area contributed by atoms with Gasteiger partial charge in [0.1, 0.15) is 0 Å². The van der Waals surface area contributed by atoms with Crippen LogP contribution in [0.3, 0.4) is 0 Å². The van der Waals surface area contributed by atoms with E-state index in [0.717, 1.165) is 62.2 Å². The Bertz CT molecular complexity index is 638. The van der Waals surface area contributed by atoms with Crippen molar-refractivity contribution in [3.05, 3.63) is 23.8 Å². The minimum Gasteiger partial charge on any atom is -0.493 e. The van der Waals surface area contributed by atoms with E-state index in [1.807, 2.05) is 12.1 Å². The Morgan fingerprint density at radius 1 is 1.26 bits per heavy atom. The second kappa shape index (κ2) is 9.31. The van der Waals surface area contributed by atoms with E-state index in [-0.39, 0.29) is 11.5 Å². The summed E-state index contributed by atoms with van der Waals surface area (Å²) in [5.74, 6) is 2.44. The number of methoxy groups -OCH3 is 1. The average molecular weight is 376 g/mol. The molecule has 0 amide bonds.